The third kappa shape index (κ3) is 40.1. The van der Waals surface area contributed by atoms with E-state index >= 15 is 0 Å². The van der Waals surface area contributed by atoms with E-state index in [0.29, 0.717) is 0 Å². The first-order valence-electron chi connectivity index (χ1n) is 2.20. The molecule has 0 unspecified atom stereocenters. The van der Waals surface area contributed by atoms with E-state index in [0.717, 1.165) is 0 Å². The fraction of sp³-hybridized carbons (Fsp3) is 0.500. The number of hydrogen-bond donors (Lipinski definition) is 4. The van der Waals surface area contributed by atoms with E-state index in [1.165, 1.54) is 0 Å². The van der Waals surface area contributed by atoms with Crippen LogP contribution < -0.4 is 0 Å². The Hall–Kier alpha value is -0.0100. The second kappa shape index (κ2) is 12.6. The summed E-state index contributed by atoms with van der Waals surface area (Å²) in [5.41, 5.74) is 0. The minimum Gasteiger partial charge on any atom is -0.481 e. The van der Waals surface area contributed by atoms with Gasteiger partial charge in [0, 0.05) is 0 Å². The fourth-order valence-corrected chi connectivity index (χ4v) is 0. The molecule has 0 aromatic carbocycles. The molecule has 7 heteroatoms. The van der Waals surface area contributed by atoms with E-state index in [9.17, 15) is 9.59 Å². The van der Waals surface area contributed by atoms with Crippen molar-refractivity contribution in [3.05, 3.63) is 0 Å². The van der Waals surface area contributed by atoms with E-state index in [2.05, 4.69) is 25.3 Å². The van der Waals surface area contributed by atoms with E-state index in [-0.39, 0.29) is 25.0 Å². The summed E-state index contributed by atoms with van der Waals surface area (Å²) in [5, 5.41) is 15.3. The largest absolute Gasteiger partial charge is 0.481 e. The van der Waals surface area contributed by atoms with Crippen LogP contribution in [0, 0.1) is 0 Å². The molecule has 0 heterocycles. The molecule has 0 radical (unpaired) electrons. The molecule has 0 rings (SSSR count). The van der Waals surface area contributed by atoms with Gasteiger partial charge in [0.25, 0.3) is 0 Å². The Labute approximate surface area is 82.3 Å². The SMILES string of the molecule is O=C(O)CS.O=C(O)CS.S. The Bertz CT molecular complexity index is 102. The Morgan fingerprint density at radius 3 is 1.09 bits per heavy atom. The molecule has 2 N–H and O–H groups in total. The molecule has 0 amide bonds. The Balaban J connectivity index is -0.000000107. The second-order valence-electron chi connectivity index (χ2n) is 1.10. The minimum atomic E-state index is -0.881. The molecular formula is C4H10O4S3. The summed E-state index contributed by atoms with van der Waals surface area (Å²) in [7, 11) is 0. The molecule has 11 heavy (non-hydrogen) atoms. The van der Waals surface area contributed by atoms with Crippen LogP contribution in [0.15, 0.2) is 0 Å². The zero-order valence-electron chi connectivity index (χ0n) is 5.52. The number of carbonyl (C=O) groups is 2. The second-order valence-corrected chi connectivity index (χ2v) is 1.74. The third-order valence-corrected chi connectivity index (χ3v) is 0.812. The molecule has 0 fully saturated rings. The highest BCUT2D eigenvalue weighted by Crippen LogP contribution is 1.66. The van der Waals surface area contributed by atoms with Crippen LogP contribution in [0.4, 0.5) is 0 Å². The highest BCUT2D eigenvalue weighted by molar-refractivity contribution is 7.81. The first-order valence-corrected chi connectivity index (χ1v) is 3.46. The zero-order valence-corrected chi connectivity index (χ0v) is 8.31. The van der Waals surface area contributed by atoms with Gasteiger partial charge in [0.1, 0.15) is 0 Å². The molecule has 0 aromatic heterocycles. The van der Waals surface area contributed by atoms with Crippen molar-refractivity contribution in [2.45, 2.75) is 0 Å². The summed E-state index contributed by atoms with van der Waals surface area (Å²) in [4.78, 5) is 18.6. The minimum absolute atomic E-state index is 0. The van der Waals surface area contributed by atoms with Crippen molar-refractivity contribution in [2.24, 2.45) is 0 Å². The maximum atomic E-state index is 9.29. The first-order chi connectivity index (χ1) is 4.54. The summed E-state index contributed by atoms with van der Waals surface area (Å²) >= 11 is 6.83. The van der Waals surface area contributed by atoms with Crippen molar-refractivity contribution >= 4 is 50.7 Å². The molecule has 0 saturated heterocycles. The lowest BCUT2D eigenvalue weighted by molar-refractivity contribution is -0.134. The van der Waals surface area contributed by atoms with Crippen LogP contribution >= 0.6 is 38.8 Å². The normalized spacial score (nSPS) is 6.73. The van der Waals surface area contributed by atoms with Crippen molar-refractivity contribution in [3.8, 4) is 0 Å². The molecule has 4 nitrogen and oxygen atoms in total. The van der Waals surface area contributed by atoms with Crippen LogP contribution in [0.2, 0.25) is 0 Å². The Morgan fingerprint density at radius 1 is 1.00 bits per heavy atom. The number of rotatable bonds is 2. The molecule has 0 aromatic rings. The van der Waals surface area contributed by atoms with Crippen LogP contribution in [-0.4, -0.2) is 33.7 Å². The van der Waals surface area contributed by atoms with E-state index < -0.39 is 11.9 Å². The quantitative estimate of drug-likeness (QED) is 0.496. The summed E-state index contributed by atoms with van der Waals surface area (Å²) in [6, 6.07) is 0. The maximum Gasteiger partial charge on any atom is 0.313 e. The maximum absolute atomic E-state index is 9.29. The molecule has 0 spiro atoms. The summed E-state index contributed by atoms with van der Waals surface area (Å²) in [6.07, 6.45) is 0. The van der Waals surface area contributed by atoms with Crippen LogP contribution in [-0.2, 0) is 9.59 Å². The highest BCUT2D eigenvalue weighted by Gasteiger charge is 1.82. The predicted molar refractivity (Wildman–Crippen MR) is 53.4 cm³/mol. The Kier molecular flexibility index (Phi) is 19.8. The van der Waals surface area contributed by atoms with Gasteiger partial charge < -0.3 is 10.2 Å². The molecule has 0 atom stereocenters. The van der Waals surface area contributed by atoms with Gasteiger partial charge >= 0.3 is 11.9 Å². The highest BCUT2D eigenvalue weighted by atomic mass is 32.1. The zero-order chi connectivity index (χ0) is 8.57. The van der Waals surface area contributed by atoms with Crippen LogP contribution in [0.25, 0.3) is 0 Å². The lowest BCUT2D eigenvalue weighted by Gasteiger charge is -1.71. The first kappa shape index (κ1) is 17.2. The summed E-state index contributed by atoms with van der Waals surface area (Å²) in [5.74, 6) is -1.93. The van der Waals surface area contributed by atoms with Gasteiger partial charge in [-0.05, 0) is 0 Å². The number of thiol groups is 2. The molecule has 0 aliphatic carbocycles. The van der Waals surface area contributed by atoms with E-state index in [4.69, 9.17) is 10.2 Å². The molecular weight excluding hydrogens is 208 g/mol. The van der Waals surface area contributed by atoms with Crippen LogP contribution in [0.1, 0.15) is 0 Å². The number of carboxylic acid groups (broad SMARTS) is 2. The van der Waals surface area contributed by atoms with Gasteiger partial charge in [0.15, 0.2) is 0 Å². The third-order valence-electron chi connectivity index (χ3n) is 0.271. The van der Waals surface area contributed by atoms with Crippen molar-refractivity contribution < 1.29 is 19.8 Å². The number of aliphatic carboxylic acids is 2. The topological polar surface area (TPSA) is 74.6 Å². The van der Waals surface area contributed by atoms with Crippen molar-refractivity contribution in [2.75, 3.05) is 11.5 Å². The van der Waals surface area contributed by atoms with Gasteiger partial charge in [0.2, 0.25) is 0 Å². The van der Waals surface area contributed by atoms with Crippen LogP contribution in [0.5, 0.6) is 0 Å². The number of hydrogen-bond acceptors (Lipinski definition) is 4. The van der Waals surface area contributed by atoms with Gasteiger partial charge in [-0.25, -0.2) is 0 Å². The van der Waals surface area contributed by atoms with Crippen molar-refractivity contribution in [1.82, 2.24) is 0 Å². The average Bonchev–Trinajstić information content (AvgIpc) is 1.89. The molecule has 0 aliphatic rings. The van der Waals surface area contributed by atoms with Gasteiger partial charge in [0.05, 0.1) is 11.5 Å². The van der Waals surface area contributed by atoms with Crippen LogP contribution in [0.3, 0.4) is 0 Å². The smallest absolute Gasteiger partial charge is 0.313 e. The van der Waals surface area contributed by atoms with Crippen molar-refractivity contribution in [1.29, 1.82) is 0 Å². The van der Waals surface area contributed by atoms with E-state index in [1.54, 1.807) is 0 Å². The molecule has 68 valence electrons. The lowest BCUT2D eigenvalue weighted by Crippen LogP contribution is -1.92. The standard InChI is InChI=1S/2C2H4O2S.H2S/c2*3-2(4)1-5;/h2*5H,1H2,(H,3,4);1H2. The summed E-state index contributed by atoms with van der Waals surface area (Å²) < 4.78 is 0. The van der Waals surface area contributed by atoms with E-state index in [1.807, 2.05) is 0 Å². The molecule has 0 saturated carbocycles. The average molecular weight is 218 g/mol. The van der Waals surface area contributed by atoms with Gasteiger partial charge in [-0.3, -0.25) is 9.59 Å². The molecule has 0 bridgehead atoms. The van der Waals surface area contributed by atoms with Gasteiger partial charge in [-0.15, -0.1) is 0 Å². The predicted octanol–water partition coefficient (Wildman–Crippen LogP) is 0.114. The monoisotopic (exact) mass is 218 g/mol. The van der Waals surface area contributed by atoms with Crippen molar-refractivity contribution in [3.63, 3.8) is 0 Å². The Morgan fingerprint density at radius 2 is 1.09 bits per heavy atom. The summed E-state index contributed by atoms with van der Waals surface area (Å²) in [6.45, 7) is 0. The van der Waals surface area contributed by atoms with Gasteiger partial charge in [-0.1, -0.05) is 0 Å². The molecule has 0 aliphatic heterocycles. The number of carboxylic acids is 2. The lowest BCUT2D eigenvalue weighted by atomic mass is 10.8. The fourth-order valence-electron chi connectivity index (χ4n) is 0. The van der Waals surface area contributed by atoms with Gasteiger partial charge in [-0.2, -0.15) is 38.8 Å².